The van der Waals surface area contributed by atoms with Gasteiger partial charge in [-0.1, -0.05) is 17.7 Å². The monoisotopic (exact) mass is 531 g/mol. The molecule has 5 rings (SSSR count). The number of nitrogens with one attached hydrogen (secondary N) is 1. The highest BCUT2D eigenvalue weighted by Gasteiger charge is 2.34. The molecule has 1 amide bonds. The van der Waals surface area contributed by atoms with Gasteiger partial charge in [0, 0.05) is 24.3 Å². The first-order valence-electron chi connectivity index (χ1n) is 10.8. The minimum atomic E-state index is -3.65. The Morgan fingerprint density at radius 1 is 1.12 bits per heavy atom. The smallest absolute Gasteiger partial charge is 0.252 e. The number of thiophene rings is 1. The maximum absolute atomic E-state index is 12.9. The number of carbonyl (C=O) groups is 1. The average Bonchev–Trinajstić information content (AvgIpc) is 3.46. The Labute approximate surface area is 211 Å². The van der Waals surface area contributed by atoms with Gasteiger partial charge in [-0.2, -0.15) is 4.31 Å². The van der Waals surface area contributed by atoms with Crippen LogP contribution in [0.3, 0.4) is 0 Å². The van der Waals surface area contributed by atoms with Crippen LogP contribution in [0, 0.1) is 12.8 Å². The van der Waals surface area contributed by atoms with Crippen LogP contribution in [0.1, 0.15) is 18.4 Å². The third-order valence-electron chi connectivity index (χ3n) is 5.84. The van der Waals surface area contributed by atoms with Crippen molar-refractivity contribution in [3.63, 3.8) is 0 Å². The molecule has 2 aromatic heterocycles. The standard InChI is InChI=1S/C24H22ClN3O3S3/c1-15-4-9-19-20(13-15)32-24(27-19)16-5-7-18(8-6-16)26-23(29)17-3-2-12-28(14-17)34(30,31)22-11-10-21(25)33-22/h4-11,13,17H,2-3,12,14H2,1H3,(H,26,29). The number of rotatable bonds is 5. The third kappa shape index (κ3) is 4.76. The summed E-state index contributed by atoms with van der Waals surface area (Å²) in [5.74, 6) is -0.585. The molecule has 3 heterocycles. The summed E-state index contributed by atoms with van der Waals surface area (Å²) in [7, 11) is -3.65. The first kappa shape index (κ1) is 23.4. The number of hydrogen-bond acceptors (Lipinski definition) is 6. The largest absolute Gasteiger partial charge is 0.326 e. The van der Waals surface area contributed by atoms with Gasteiger partial charge in [0.05, 0.1) is 20.5 Å². The predicted molar refractivity (Wildman–Crippen MR) is 139 cm³/mol. The maximum Gasteiger partial charge on any atom is 0.252 e. The van der Waals surface area contributed by atoms with Crippen LogP contribution in [0.4, 0.5) is 5.69 Å². The van der Waals surface area contributed by atoms with Crippen molar-refractivity contribution in [1.82, 2.24) is 9.29 Å². The Balaban J connectivity index is 1.26. The molecule has 1 atom stereocenters. The molecule has 0 radical (unpaired) electrons. The molecule has 10 heteroatoms. The molecule has 34 heavy (non-hydrogen) atoms. The topological polar surface area (TPSA) is 79.4 Å². The van der Waals surface area contributed by atoms with Gasteiger partial charge in [0.15, 0.2) is 0 Å². The van der Waals surface area contributed by atoms with Crippen LogP contribution in [0.2, 0.25) is 4.34 Å². The highest BCUT2D eigenvalue weighted by atomic mass is 35.5. The van der Waals surface area contributed by atoms with Crippen molar-refractivity contribution in [1.29, 1.82) is 0 Å². The number of aromatic nitrogens is 1. The van der Waals surface area contributed by atoms with Gasteiger partial charge in [0.2, 0.25) is 5.91 Å². The number of hydrogen-bond donors (Lipinski definition) is 1. The van der Waals surface area contributed by atoms with Gasteiger partial charge in [-0.15, -0.1) is 22.7 Å². The van der Waals surface area contributed by atoms with Crippen LogP contribution < -0.4 is 5.32 Å². The molecule has 176 valence electrons. The van der Waals surface area contributed by atoms with E-state index >= 15 is 0 Å². The zero-order valence-corrected chi connectivity index (χ0v) is 21.5. The van der Waals surface area contributed by atoms with Gasteiger partial charge in [0.25, 0.3) is 10.0 Å². The zero-order chi connectivity index (χ0) is 23.9. The molecule has 1 saturated heterocycles. The molecule has 1 fully saturated rings. The predicted octanol–water partition coefficient (Wildman–Crippen LogP) is 6.03. The zero-order valence-electron chi connectivity index (χ0n) is 18.3. The van der Waals surface area contributed by atoms with Crippen molar-refractivity contribution in [3.05, 3.63) is 64.5 Å². The summed E-state index contributed by atoms with van der Waals surface area (Å²) in [6.07, 6.45) is 1.28. The molecule has 0 aliphatic carbocycles. The Hall–Kier alpha value is -2.30. The van der Waals surface area contributed by atoms with E-state index in [1.54, 1.807) is 17.4 Å². The van der Waals surface area contributed by atoms with E-state index in [9.17, 15) is 13.2 Å². The van der Waals surface area contributed by atoms with Crippen LogP contribution in [-0.2, 0) is 14.8 Å². The summed E-state index contributed by atoms with van der Waals surface area (Å²) < 4.78 is 29.0. The lowest BCUT2D eigenvalue weighted by Gasteiger charge is -2.30. The van der Waals surface area contributed by atoms with Crippen molar-refractivity contribution < 1.29 is 13.2 Å². The summed E-state index contributed by atoms with van der Waals surface area (Å²) in [5.41, 5.74) is 3.84. The second-order valence-corrected chi connectivity index (χ2v) is 13.2. The number of carbonyl (C=O) groups excluding carboxylic acids is 1. The minimum absolute atomic E-state index is 0.160. The fourth-order valence-corrected chi connectivity index (χ4v) is 8.26. The second-order valence-electron chi connectivity index (χ2n) is 8.32. The number of benzene rings is 2. The van der Waals surface area contributed by atoms with Crippen molar-refractivity contribution in [2.75, 3.05) is 18.4 Å². The summed E-state index contributed by atoms with van der Waals surface area (Å²) in [5, 5.41) is 3.88. The number of aryl methyl sites for hydroxylation is 1. The Bertz CT molecular complexity index is 1460. The highest BCUT2D eigenvalue weighted by molar-refractivity contribution is 7.91. The number of halogens is 1. The van der Waals surface area contributed by atoms with Crippen molar-refractivity contribution in [2.24, 2.45) is 5.92 Å². The molecule has 4 aromatic rings. The number of amides is 1. The lowest BCUT2D eigenvalue weighted by atomic mass is 9.98. The number of thiazole rings is 1. The summed E-state index contributed by atoms with van der Waals surface area (Å²) in [6, 6.07) is 16.9. The molecular formula is C24H22ClN3O3S3. The first-order valence-corrected chi connectivity index (χ1v) is 14.3. The molecule has 1 unspecified atom stereocenters. The van der Waals surface area contributed by atoms with Gasteiger partial charge in [-0.3, -0.25) is 4.79 Å². The molecule has 2 aromatic carbocycles. The molecule has 0 bridgehead atoms. The highest BCUT2D eigenvalue weighted by Crippen LogP contribution is 2.33. The van der Waals surface area contributed by atoms with Crippen LogP contribution in [0.25, 0.3) is 20.8 Å². The molecule has 0 spiro atoms. The SMILES string of the molecule is Cc1ccc2nc(-c3ccc(NC(=O)C4CCCN(S(=O)(=O)c5ccc(Cl)s5)C4)cc3)sc2c1. The van der Waals surface area contributed by atoms with Gasteiger partial charge >= 0.3 is 0 Å². The Morgan fingerprint density at radius 2 is 1.91 bits per heavy atom. The summed E-state index contributed by atoms with van der Waals surface area (Å²) in [6.45, 7) is 2.62. The summed E-state index contributed by atoms with van der Waals surface area (Å²) in [4.78, 5) is 17.6. The first-order chi connectivity index (χ1) is 16.3. The lowest BCUT2D eigenvalue weighted by Crippen LogP contribution is -2.43. The molecule has 1 aliphatic rings. The molecule has 1 N–H and O–H groups in total. The third-order valence-corrected chi connectivity index (χ3v) is 10.5. The van der Waals surface area contributed by atoms with E-state index in [4.69, 9.17) is 16.6 Å². The van der Waals surface area contributed by atoms with E-state index < -0.39 is 15.9 Å². The van der Waals surface area contributed by atoms with Gasteiger partial charge in [0.1, 0.15) is 9.22 Å². The number of anilines is 1. The van der Waals surface area contributed by atoms with Crippen molar-refractivity contribution in [3.8, 4) is 10.6 Å². The lowest BCUT2D eigenvalue weighted by molar-refractivity contribution is -0.120. The quantitative estimate of drug-likeness (QED) is 0.341. The maximum atomic E-state index is 12.9. The van der Waals surface area contributed by atoms with Gasteiger partial charge < -0.3 is 5.32 Å². The fourth-order valence-electron chi connectivity index (χ4n) is 4.03. The Morgan fingerprint density at radius 3 is 2.65 bits per heavy atom. The normalized spacial score (nSPS) is 17.2. The average molecular weight is 532 g/mol. The van der Waals surface area contributed by atoms with E-state index in [-0.39, 0.29) is 16.7 Å². The van der Waals surface area contributed by atoms with E-state index in [0.717, 1.165) is 32.1 Å². The summed E-state index contributed by atoms with van der Waals surface area (Å²) >= 11 is 8.59. The fraction of sp³-hybridized carbons (Fsp3) is 0.250. The van der Waals surface area contributed by atoms with Crippen LogP contribution >= 0.6 is 34.3 Å². The molecular weight excluding hydrogens is 510 g/mol. The van der Waals surface area contributed by atoms with Crippen molar-refractivity contribution in [2.45, 2.75) is 24.0 Å². The minimum Gasteiger partial charge on any atom is -0.326 e. The van der Waals surface area contributed by atoms with Gasteiger partial charge in [-0.25, -0.2) is 13.4 Å². The number of sulfonamides is 1. The van der Waals surface area contributed by atoms with E-state index in [0.29, 0.717) is 29.4 Å². The van der Waals surface area contributed by atoms with Crippen LogP contribution in [0.5, 0.6) is 0 Å². The van der Waals surface area contributed by atoms with Crippen molar-refractivity contribution >= 4 is 66.1 Å². The number of nitrogens with zero attached hydrogens (tertiary/aromatic N) is 2. The number of piperidine rings is 1. The number of fused-ring (bicyclic) bond motifs is 1. The molecule has 6 nitrogen and oxygen atoms in total. The molecule has 1 aliphatic heterocycles. The Kier molecular flexibility index (Phi) is 6.47. The van der Waals surface area contributed by atoms with E-state index in [2.05, 4.69) is 24.4 Å². The second kappa shape index (κ2) is 9.39. The van der Waals surface area contributed by atoms with E-state index in [1.807, 2.05) is 30.3 Å². The van der Waals surface area contributed by atoms with E-state index in [1.165, 1.54) is 15.9 Å². The molecule has 0 saturated carbocycles. The van der Waals surface area contributed by atoms with Crippen LogP contribution in [-0.4, -0.2) is 36.7 Å². The van der Waals surface area contributed by atoms with Crippen LogP contribution in [0.15, 0.2) is 58.8 Å². The van der Waals surface area contributed by atoms with Gasteiger partial charge in [-0.05, 0) is 73.9 Å².